The van der Waals surface area contributed by atoms with Gasteiger partial charge in [0, 0.05) is 24.2 Å². The molecule has 39 heavy (non-hydrogen) atoms. The summed E-state index contributed by atoms with van der Waals surface area (Å²) in [6, 6.07) is 7.04. The van der Waals surface area contributed by atoms with Gasteiger partial charge in [-0.15, -0.1) is 0 Å². The van der Waals surface area contributed by atoms with Gasteiger partial charge in [0.15, 0.2) is 0 Å². The van der Waals surface area contributed by atoms with E-state index in [9.17, 15) is 19.2 Å². The number of likely N-dealkylation sites (tertiary alicyclic amines) is 1. The Hall–Kier alpha value is -3.53. The van der Waals surface area contributed by atoms with Crippen molar-refractivity contribution in [3.8, 4) is 0 Å². The van der Waals surface area contributed by atoms with Crippen molar-refractivity contribution in [1.82, 2.24) is 20.5 Å². The maximum absolute atomic E-state index is 14.2. The molecule has 5 rings (SSSR count). The highest BCUT2D eigenvalue weighted by Gasteiger charge is 2.54. The summed E-state index contributed by atoms with van der Waals surface area (Å²) in [4.78, 5) is 59.1. The second-order valence-corrected chi connectivity index (χ2v) is 11.7. The molecule has 3 aliphatic rings. The van der Waals surface area contributed by atoms with Crippen LogP contribution >= 0.6 is 0 Å². The number of hydrogen-bond donors (Lipinski definition) is 2. The number of pyridine rings is 1. The molecular weight excluding hydrogens is 500 g/mol. The predicted octanol–water partition coefficient (Wildman–Crippen LogP) is 2.55. The maximum atomic E-state index is 14.2. The van der Waals surface area contributed by atoms with Gasteiger partial charge in [0.25, 0.3) is 5.91 Å². The summed E-state index contributed by atoms with van der Waals surface area (Å²) in [5.41, 5.74) is -0.383. The van der Waals surface area contributed by atoms with Crippen LogP contribution in [0.1, 0.15) is 63.9 Å². The Labute approximate surface area is 227 Å². The van der Waals surface area contributed by atoms with E-state index in [4.69, 9.17) is 9.47 Å². The Kier molecular flexibility index (Phi) is 7.33. The standard InChI is InChI=1S/C29H36N4O6/c1-5-38-28-20(15-21(34)39-28)31-26(36)23-17-10-11-18(14-17)33(23)27(37)24(29(2,3)4)32-25(35)22-19-9-7-6-8-16(19)12-13-30-22/h6-9,12-13,17-18,20,23-24,28H,5,10-11,14-15H2,1-4H3,(H,31,36)(H,32,35)/t17-,18-,20?,23-,24+,28+/m0/s1. The number of carbonyl (C=O) groups excluding carboxylic acids is 4. The SMILES string of the molecule is CCO[C@@H]1OC(=O)CC1NC(=O)[C@@H]1[C@H]2CC[C@@H](C2)N1C(=O)[C@@H](NC(=O)c1nccc2ccccc12)C(C)(C)C. The minimum absolute atomic E-state index is 0.0126. The van der Waals surface area contributed by atoms with Crippen molar-refractivity contribution >= 4 is 34.5 Å². The highest BCUT2D eigenvalue weighted by molar-refractivity contribution is 6.06. The zero-order chi connectivity index (χ0) is 27.9. The van der Waals surface area contributed by atoms with E-state index in [1.807, 2.05) is 51.1 Å². The third kappa shape index (κ3) is 5.22. The minimum Gasteiger partial charge on any atom is -0.433 e. The monoisotopic (exact) mass is 536 g/mol. The predicted molar refractivity (Wildman–Crippen MR) is 142 cm³/mol. The number of piperidine rings is 1. The molecule has 1 unspecified atom stereocenters. The lowest BCUT2D eigenvalue weighted by Gasteiger charge is -2.40. The third-order valence-corrected chi connectivity index (χ3v) is 8.01. The molecule has 2 bridgehead atoms. The summed E-state index contributed by atoms with van der Waals surface area (Å²) in [7, 11) is 0. The summed E-state index contributed by atoms with van der Waals surface area (Å²) in [6.07, 6.45) is 3.14. The van der Waals surface area contributed by atoms with E-state index in [0.717, 1.165) is 24.6 Å². The van der Waals surface area contributed by atoms with Gasteiger partial charge in [0.2, 0.25) is 18.1 Å². The van der Waals surface area contributed by atoms with Gasteiger partial charge in [-0.05, 0) is 49.0 Å². The summed E-state index contributed by atoms with van der Waals surface area (Å²) in [5.74, 6) is -1.47. The van der Waals surface area contributed by atoms with Crippen LogP contribution in [0, 0.1) is 11.3 Å². The molecule has 2 aliphatic heterocycles. The Balaban J connectivity index is 1.38. The number of esters is 1. The van der Waals surface area contributed by atoms with E-state index in [2.05, 4.69) is 15.6 Å². The number of nitrogens with one attached hydrogen (secondary N) is 2. The smallest absolute Gasteiger partial charge is 0.310 e. The first-order chi connectivity index (χ1) is 18.6. The van der Waals surface area contributed by atoms with Gasteiger partial charge in [0.1, 0.15) is 23.8 Å². The van der Waals surface area contributed by atoms with Crippen molar-refractivity contribution in [1.29, 1.82) is 0 Å². The second-order valence-electron chi connectivity index (χ2n) is 11.7. The fourth-order valence-electron chi connectivity index (χ4n) is 6.18. The van der Waals surface area contributed by atoms with Crippen molar-refractivity contribution in [2.24, 2.45) is 11.3 Å². The Morgan fingerprint density at radius 1 is 1.18 bits per heavy atom. The van der Waals surface area contributed by atoms with Crippen molar-refractivity contribution in [3.05, 3.63) is 42.2 Å². The van der Waals surface area contributed by atoms with Crippen LogP contribution in [0.3, 0.4) is 0 Å². The van der Waals surface area contributed by atoms with Crippen LogP contribution < -0.4 is 10.6 Å². The molecule has 2 saturated heterocycles. The van der Waals surface area contributed by atoms with Crippen LogP contribution in [0.4, 0.5) is 0 Å². The molecule has 10 nitrogen and oxygen atoms in total. The molecule has 2 N–H and O–H groups in total. The molecule has 0 radical (unpaired) electrons. The van der Waals surface area contributed by atoms with Crippen LogP contribution in [-0.2, 0) is 23.9 Å². The molecular formula is C29H36N4O6. The largest absolute Gasteiger partial charge is 0.433 e. The lowest BCUT2D eigenvalue weighted by Crippen LogP contribution is -2.62. The lowest BCUT2D eigenvalue weighted by molar-refractivity contribution is -0.165. The molecule has 0 spiro atoms. The van der Waals surface area contributed by atoms with Crippen LogP contribution in [-0.4, -0.2) is 70.6 Å². The number of ether oxygens (including phenoxy) is 2. The van der Waals surface area contributed by atoms with Gasteiger partial charge in [-0.2, -0.15) is 0 Å². The van der Waals surface area contributed by atoms with Crippen molar-refractivity contribution in [2.75, 3.05) is 6.61 Å². The van der Waals surface area contributed by atoms with Crippen molar-refractivity contribution < 1.29 is 28.7 Å². The summed E-state index contributed by atoms with van der Waals surface area (Å²) >= 11 is 0. The lowest BCUT2D eigenvalue weighted by atomic mass is 9.84. The average Bonchev–Trinajstić information content (AvgIpc) is 3.60. The van der Waals surface area contributed by atoms with E-state index in [1.165, 1.54) is 0 Å². The highest BCUT2D eigenvalue weighted by Crippen LogP contribution is 2.44. The van der Waals surface area contributed by atoms with Gasteiger partial charge in [-0.25, -0.2) is 0 Å². The molecule has 10 heteroatoms. The van der Waals surface area contributed by atoms with E-state index in [-0.39, 0.29) is 35.9 Å². The summed E-state index contributed by atoms with van der Waals surface area (Å²) < 4.78 is 10.7. The molecule has 1 aromatic heterocycles. The first kappa shape index (κ1) is 27.1. The van der Waals surface area contributed by atoms with Crippen LogP contribution in [0.25, 0.3) is 10.8 Å². The minimum atomic E-state index is -0.881. The number of rotatable bonds is 7. The second kappa shape index (κ2) is 10.6. The zero-order valence-corrected chi connectivity index (χ0v) is 22.8. The number of aromatic nitrogens is 1. The van der Waals surface area contributed by atoms with Gasteiger partial charge in [-0.1, -0.05) is 45.0 Å². The van der Waals surface area contributed by atoms with Crippen molar-refractivity contribution in [2.45, 2.75) is 83.8 Å². The molecule has 3 fully saturated rings. The number of benzene rings is 1. The molecule has 2 aromatic rings. The number of cyclic esters (lactones) is 1. The van der Waals surface area contributed by atoms with E-state index in [0.29, 0.717) is 12.0 Å². The quantitative estimate of drug-likeness (QED) is 0.521. The Bertz CT molecular complexity index is 1280. The van der Waals surface area contributed by atoms with Gasteiger partial charge in [0.05, 0.1) is 6.42 Å². The van der Waals surface area contributed by atoms with Crippen LogP contribution in [0.15, 0.2) is 36.5 Å². The molecule has 3 amide bonds. The van der Waals surface area contributed by atoms with Gasteiger partial charge in [-0.3, -0.25) is 24.2 Å². The highest BCUT2D eigenvalue weighted by atomic mass is 16.7. The Morgan fingerprint density at radius 3 is 2.69 bits per heavy atom. The third-order valence-electron chi connectivity index (χ3n) is 8.01. The Morgan fingerprint density at radius 2 is 1.95 bits per heavy atom. The fraction of sp³-hybridized carbons (Fsp3) is 0.552. The first-order valence-corrected chi connectivity index (χ1v) is 13.7. The molecule has 3 heterocycles. The van der Waals surface area contributed by atoms with Gasteiger partial charge >= 0.3 is 5.97 Å². The van der Waals surface area contributed by atoms with Crippen molar-refractivity contribution in [3.63, 3.8) is 0 Å². The normalized spacial score (nSPS) is 26.9. The number of nitrogens with zero attached hydrogens (tertiary/aromatic N) is 2. The molecule has 1 saturated carbocycles. The summed E-state index contributed by atoms with van der Waals surface area (Å²) in [5, 5.41) is 7.45. The molecule has 1 aromatic carbocycles. The molecule has 6 atom stereocenters. The molecule has 1 aliphatic carbocycles. The van der Waals surface area contributed by atoms with Crippen LogP contribution in [0.2, 0.25) is 0 Å². The first-order valence-electron chi connectivity index (χ1n) is 13.7. The maximum Gasteiger partial charge on any atom is 0.310 e. The number of fused-ring (bicyclic) bond motifs is 3. The summed E-state index contributed by atoms with van der Waals surface area (Å²) in [6.45, 7) is 7.80. The van der Waals surface area contributed by atoms with Gasteiger partial charge < -0.3 is 25.0 Å². The fourth-order valence-corrected chi connectivity index (χ4v) is 6.18. The topological polar surface area (TPSA) is 127 Å². The van der Waals surface area contributed by atoms with E-state index >= 15 is 0 Å². The molecule has 208 valence electrons. The number of carbonyl (C=O) groups is 4. The van der Waals surface area contributed by atoms with Crippen LogP contribution in [0.5, 0.6) is 0 Å². The number of hydrogen-bond acceptors (Lipinski definition) is 7. The zero-order valence-electron chi connectivity index (χ0n) is 22.8. The average molecular weight is 537 g/mol. The number of amides is 3. The van der Waals surface area contributed by atoms with E-state index < -0.39 is 41.7 Å². The van der Waals surface area contributed by atoms with E-state index in [1.54, 1.807) is 18.0 Å².